The average Bonchev–Trinajstić information content (AvgIpc) is 3.48. The van der Waals surface area contributed by atoms with Crippen LogP contribution < -0.4 is 0 Å². The Balaban J connectivity index is 1.38. The summed E-state index contributed by atoms with van der Waals surface area (Å²) in [4.78, 5) is 32.6. The molecule has 0 saturated heterocycles. The zero-order valence-electron chi connectivity index (χ0n) is 16.0. The van der Waals surface area contributed by atoms with Crippen LogP contribution in [0.3, 0.4) is 0 Å². The number of carbonyl (C=O) groups excluding carboxylic acids is 1. The highest BCUT2D eigenvalue weighted by Crippen LogP contribution is 2.25. The van der Waals surface area contributed by atoms with Crippen LogP contribution in [-0.4, -0.2) is 26.0 Å². The molecule has 2 heterocycles. The maximum atomic E-state index is 12.2. The molecular formula is C20H12N4O8. The van der Waals surface area contributed by atoms with Crippen molar-refractivity contribution in [2.75, 3.05) is 0 Å². The molecule has 160 valence electrons. The number of carbonyl (C=O) groups is 1. The van der Waals surface area contributed by atoms with Crippen molar-refractivity contribution >= 4 is 17.3 Å². The third kappa shape index (κ3) is 4.33. The van der Waals surface area contributed by atoms with Crippen LogP contribution in [0.25, 0.3) is 22.8 Å². The van der Waals surface area contributed by atoms with Crippen LogP contribution in [0, 0.1) is 20.2 Å². The van der Waals surface area contributed by atoms with Crippen LogP contribution in [-0.2, 0) is 11.3 Å². The summed E-state index contributed by atoms with van der Waals surface area (Å²) in [7, 11) is 0. The third-order valence-corrected chi connectivity index (χ3v) is 4.29. The van der Waals surface area contributed by atoms with Gasteiger partial charge in [0.25, 0.3) is 17.3 Å². The monoisotopic (exact) mass is 436 g/mol. The second-order valence-corrected chi connectivity index (χ2v) is 6.35. The minimum Gasteiger partial charge on any atom is -0.450 e. The van der Waals surface area contributed by atoms with Crippen LogP contribution in [0.1, 0.15) is 16.4 Å². The zero-order valence-corrected chi connectivity index (χ0v) is 16.0. The summed E-state index contributed by atoms with van der Waals surface area (Å²) in [6.45, 7) is -0.313. The number of esters is 1. The maximum Gasteiger partial charge on any atom is 0.374 e. The summed E-state index contributed by atoms with van der Waals surface area (Å²) in [5.41, 5.74) is 0.889. The van der Waals surface area contributed by atoms with E-state index in [-0.39, 0.29) is 35.5 Å². The van der Waals surface area contributed by atoms with Crippen LogP contribution in [0.2, 0.25) is 0 Å². The normalized spacial score (nSPS) is 10.6. The van der Waals surface area contributed by atoms with E-state index < -0.39 is 15.8 Å². The second kappa shape index (κ2) is 8.47. The summed E-state index contributed by atoms with van der Waals surface area (Å²) in [5, 5.41) is 29.0. The summed E-state index contributed by atoms with van der Waals surface area (Å²) in [6.07, 6.45) is 0. The fourth-order valence-corrected chi connectivity index (χ4v) is 2.70. The maximum absolute atomic E-state index is 12.2. The van der Waals surface area contributed by atoms with Crippen molar-refractivity contribution in [3.8, 4) is 22.8 Å². The molecule has 0 fully saturated rings. The number of nitrogens with zero attached hydrogens (tertiary/aromatic N) is 4. The van der Waals surface area contributed by atoms with E-state index in [1.807, 2.05) is 0 Å². The number of aromatic nitrogens is 2. The number of nitro groups is 2. The van der Waals surface area contributed by atoms with Crippen molar-refractivity contribution in [2.24, 2.45) is 0 Å². The highest BCUT2D eigenvalue weighted by molar-refractivity contribution is 5.87. The van der Waals surface area contributed by atoms with E-state index in [9.17, 15) is 25.0 Å². The summed E-state index contributed by atoms with van der Waals surface area (Å²) in [5.74, 6) is -0.370. The third-order valence-electron chi connectivity index (χ3n) is 4.29. The number of non-ortho nitro benzene ring substituents is 2. The Labute approximate surface area is 178 Å². The molecule has 2 aromatic carbocycles. The number of benzene rings is 2. The van der Waals surface area contributed by atoms with Crippen LogP contribution in [0.4, 0.5) is 11.4 Å². The molecule has 0 aliphatic rings. The Morgan fingerprint density at radius 3 is 2.00 bits per heavy atom. The van der Waals surface area contributed by atoms with Gasteiger partial charge in [0.05, 0.1) is 9.85 Å². The molecule has 0 atom stereocenters. The summed E-state index contributed by atoms with van der Waals surface area (Å²) >= 11 is 0. The Kier molecular flexibility index (Phi) is 5.40. The van der Waals surface area contributed by atoms with Gasteiger partial charge in [-0.3, -0.25) is 20.2 Å². The molecule has 0 bridgehead atoms. The first kappa shape index (κ1) is 20.4. The van der Waals surface area contributed by atoms with E-state index in [2.05, 4.69) is 10.2 Å². The van der Waals surface area contributed by atoms with Crippen LogP contribution >= 0.6 is 0 Å². The van der Waals surface area contributed by atoms with Gasteiger partial charge in [0.15, 0.2) is 6.61 Å². The Morgan fingerprint density at radius 2 is 1.41 bits per heavy atom. The second-order valence-electron chi connectivity index (χ2n) is 6.35. The first-order valence-corrected chi connectivity index (χ1v) is 9.00. The first-order chi connectivity index (χ1) is 15.4. The molecule has 0 amide bonds. The molecule has 0 radical (unpaired) electrons. The Bertz CT molecular complexity index is 1290. The summed E-state index contributed by atoms with van der Waals surface area (Å²) < 4.78 is 16.0. The number of ether oxygens (including phenoxy) is 1. The van der Waals surface area contributed by atoms with E-state index in [0.29, 0.717) is 16.9 Å². The highest BCUT2D eigenvalue weighted by Gasteiger charge is 2.17. The number of hydrogen-bond acceptors (Lipinski definition) is 10. The standard InChI is InChI=1S/C20H12N4O8/c25-20(17-10-9-16(31-17)12-1-5-14(6-2-12)23(26)27)30-11-18-21-22-19(32-18)13-3-7-15(8-4-13)24(28)29/h1-10H,11H2. The summed E-state index contributed by atoms with van der Waals surface area (Å²) in [6, 6.07) is 14.1. The topological polar surface area (TPSA) is 165 Å². The van der Waals surface area contributed by atoms with Gasteiger partial charge >= 0.3 is 5.97 Å². The van der Waals surface area contributed by atoms with Crippen molar-refractivity contribution < 1.29 is 28.2 Å². The minimum absolute atomic E-state index is 0.0221. The van der Waals surface area contributed by atoms with Crippen molar-refractivity contribution in [1.82, 2.24) is 10.2 Å². The predicted molar refractivity (Wildman–Crippen MR) is 106 cm³/mol. The molecule has 0 spiro atoms. The van der Waals surface area contributed by atoms with E-state index >= 15 is 0 Å². The predicted octanol–water partition coefficient (Wildman–Crippen LogP) is 4.17. The molecule has 4 aromatic rings. The van der Waals surface area contributed by atoms with Gasteiger partial charge in [-0.1, -0.05) is 0 Å². The largest absolute Gasteiger partial charge is 0.450 e. The van der Waals surface area contributed by atoms with Gasteiger partial charge in [-0.25, -0.2) is 4.79 Å². The van der Waals surface area contributed by atoms with Crippen molar-refractivity contribution in [1.29, 1.82) is 0 Å². The lowest BCUT2D eigenvalue weighted by Gasteiger charge is -2.00. The number of nitro benzene ring substituents is 2. The molecule has 0 N–H and O–H groups in total. The molecule has 0 saturated carbocycles. The average molecular weight is 436 g/mol. The minimum atomic E-state index is -0.770. The molecule has 32 heavy (non-hydrogen) atoms. The lowest BCUT2D eigenvalue weighted by Crippen LogP contribution is -2.04. The van der Waals surface area contributed by atoms with Crippen molar-refractivity contribution in [2.45, 2.75) is 6.61 Å². The molecule has 0 aliphatic heterocycles. The lowest BCUT2D eigenvalue weighted by molar-refractivity contribution is -0.385. The van der Waals surface area contributed by atoms with E-state index in [1.165, 1.54) is 60.7 Å². The molecule has 0 aliphatic carbocycles. The van der Waals surface area contributed by atoms with Gasteiger partial charge in [-0.2, -0.15) is 0 Å². The molecular weight excluding hydrogens is 424 g/mol. The fraction of sp³-hybridized carbons (Fsp3) is 0.0500. The van der Waals surface area contributed by atoms with E-state index in [1.54, 1.807) is 0 Å². The molecule has 4 rings (SSSR count). The molecule has 12 heteroatoms. The van der Waals surface area contributed by atoms with Gasteiger partial charge in [0.2, 0.25) is 11.7 Å². The van der Waals surface area contributed by atoms with E-state index in [0.717, 1.165) is 0 Å². The smallest absolute Gasteiger partial charge is 0.374 e. The molecule has 0 unspecified atom stereocenters. The quantitative estimate of drug-likeness (QED) is 0.233. The zero-order chi connectivity index (χ0) is 22.7. The molecule has 12 nitrogen and oxygen atoms in total. The number of hydrogen-bond donors (Lipinski definition) is 0. The van der Waals surface area contributed by atoms with Crippen LogP contribution in [0.5, 0.6) is 0 Å². The van der Waals surface area contributed by atoms with Gasteiger partial charge < -0.3 is 13.6 Å². The fourth-order valence-electron chi connectivity index (χ4n) is 2.70. The lowest BCUT2D eigenvalue weighted by atomic mass is 10.1. The number of rotatable bonds is 7. The van der Waals surface area contributed by atoms with Gasteiger partial charge in [0, 0.05) is 35.4 Å². The Hall–Kier alpha value is -4.87. The van der Waals surface area contributed by atoms with Gasteiger partial charge in [-0.15, -0.1) is 10.2 Å². The van der Waals surface area contributed by atoms with Crippen LogP contribution in [0.15, 0.2) is 69.5 Å². The molecule has 2 aromatic heterocycles. The highest BCUT2D eigenvalue weighted by atomic mass is 16.6. The SMILES string of the molecule is O=C(OCc1nnc(-c2ccc([N+](=O)[O-])cc2)o1)c1ccc(-c2ccc([N+](=O)[O-])cc2)o1. The van der Waals surface area contributed by atoms with E-state index in [4.69, 9.17) is 13.6 Å². The van der Waals surface area contributed by atoms with Gasteiger partial charge in [0.1, 0.15) is 5.76 Å². The number of furan rings is 1. The van der Waals surface area contributed by atoms with Crippen molar-refractivity contribution in [3.05, 3.63) is 92.5 Å². The first-order valence-electron chi connectivity index (χ1n) is 9.00. The Morgan fingerprint density at radius 1 is 0.812 bits per heavy atom. The van der Waals surface area contributed by atoms with Gasteiger partial charge in [-0.05, 0) is 36.4 Å². The van der Waals surface area contributed by atoms with Crippen molar-refractivity contribution in [3.63, 3.8) is 0 Å².